The van der Waals surface area contributed by atoms with Crippen molar-refractivity contribution in [3.63, 3.8) is 0 Å². The SMILES string of the molecule is O=C([C@H]1[C@H]2C[C@H](CN(c3nccs3)C2)c2cccc(=O)n21)N1CCc2nc[nH]c2C1.O=CO.O=CO. The number of fused-ring (bicyclic) bond motifs is 5. The molecular formula is C23H26N6O6S. The standard InChI is InChI=1S/C21H22N6O2S.2CH2O2/c28-18-3-1-2-17-13-8-14(10-26(9-13)21-22-5-7-30-21)19(27(17)18)20(29)25-6-4-15-16(11-25)24-12-23-15;2*2-1-3/h1-3,5,7,12-14,19H,4,6,8-11H2,(H,23,24);2*1H,(H,2,3)/t13-,14+,19-;;/m1../s1. The second-order valence-corrected chi connectivity index (χ2v) is 9.44. The molecule has 6 rings (SSSR count). The number of anilines is 1. The fraction of sp³-hybridized carbons (Fsp3) is 0.391. The lowest BCUT2D eigenvalue weighted by molar-refractivity contribution is -0.138. The topological polar surface area (TPSA) is 162 Å². The van der Waals surface area contributed by atoms with Crippen molar-refractivity contribution in [2.24, 2.45) is 5.92 Å². The van der Waals surface area contributed by atoms with Gasteiger partial charge in [0.25, 0.3) is 18.5 Å². The van der Waals surface area contributed by atoms with Crippen LogP contribution in [0.5, 0.6) is 0 Å². The molecule has 3 aliphatic rings. The van der Waals surface area contributed by atoms with Crippen LogP contribution in [0.15, 0.2) is 40.9 Å². The van der Waals surface area contributed by atoms with Crippen LogP contribution in [0, 0.1) is 5.92 Å². The molecule has 0 aromatic carbocycles. The maximum atomic E-state index is 13.8. The van der Waals surface area contributed by atoms with Crippen LogP contribution < -0.4 is 10.5 Å². The molecule has 0 aliphatic carbocycles. The van der Waals surface area contributed by atoms with Gasteiger partial charge in [-0.1, -0.05) is 6.07 Å². The first-order valence-corrected chi connectivity index (χ1v) is 12.2. The molecule has 3 aromatic rings. The number of carbonyl (C=O) groups is 3. The van der Waals surface area contributed by atoms with Gasteiger partial charge in [0.1, 0.15) is 6.04 Å². The number of H-pyrrole nitrogens is 1. The smallest absolute Gasteiger partial charge is 0.290 e. The Balaban J connectivity index is 0.000000464. The van der Waals surface area contributed by atoms with Crippen molar-refractivity contribution in [1.82, 2.24) is 24.4 Å². The van der Waals surface area contributed by atoms with Crippen LogP contribution >= 0.6 is 11.3 Å². The molecule has 3 aliphatic heterocycles. The summed E-state index contributed by atoms with van der Waals surface area (Å²) in [6, 6.07) is 4.93. The summed E-state index contributed by atoms with van der Waals surface area (Å²) in [5.74, 6) is 0.344. The van der Waals surface area contributed by atoms with Gasteiger partial charge in [-0.2, -0.15) is 0 Å². The number of carboxylic acid groups (broad SMARTS) is 2. The zero-order valence-corrected chi connectivity index (χ0v) is 20.1. The van der Waals surface area contributed by atoms with Crippen LogP contribution in [0.2, 0.25) is 0 Å². The number of thiazole rings is 1. The molecule has 12 nitrogen and oxygen atoms in total. The number of rotatable bonds is 2. The molecule has 0 saturated carbocycles. The van der Waals surface area contributed by atoms with E-state index in [1.165, 1.54) is 0 Å². The first-order valence-electron chi connectivity index (χ1n) is 11.3. The average Bonchev–Trinajstić information content (AvgIpc) is 3.57. The van der Waals surface area contributed by atoms with Crippen LogP contribution in [0.3, 0.4) is 0 Å². The number of hydrogen-bond acceptors (Lipinski definition) is 8. The Bertz CT molecular complexity index is 1250. The van der Waals surface area contributed by atoms with Gasteiger partial charge < -0.3 is 25.0 Å². The van der Waals surface area contributed by atoms with E-state index in [-0.39, 0.29) is 36.2 Å². The third-order valence-corrected chi connectivity index (χ3v) is 7.51. The molecule has 0 radical (unpaired) electrons. The Morgan fingerprint density at radius 3 is 2.67 bits per heavy atom. The largest absolute Gasteiger partial charge is 0.483 e. The molecule has 0 spiro atoms. The van der Waals surface area contributed by atoms with Crippen molar-refractivity contribution in [1.29, 1.82) is 0 Å². The van der Waals surface area contributed by atoms with Crippen molar-refractivity contribution < 1.29 is 24.6 Å². The number of amides is 1. The van der Waals surface area contributed by atoms with E-state index in [9.17, 15) is 9.59 Å². The highest BCUT2D eigenvalue weighted by atomic mass is 32.1. The van der Waals surface area contributed by atoms with Crippen LogP contribution in [-0.4, -0.2) is 73.1 Å². The van der Waals surface area contributed by atoms with E-state index in [1.807, 2.05) is 28.6 Å². The van der Waals surface area contributed by atoms with E-state index >= 15 is 0 Å². The quantitative estimate of drug-likeness (QED) is 0.426. The van der Waals surface area contributed by atoms with E-state index in [0.717, 1.165) is 48.1 Å². The summed E-state index contributed by atoms with van der Waals surface area (Å²) in [5.41, 5.74) is 2.92. The second kappa shape index (κ2) is 11.2. The van der Waals surface area contributed by atoms with Gasteiger partial charge in [-0.3, -0.25) is 23.7 Å². The fourth-order valence-corrected chi connectivity index (χ4v) is 6.03. The lowest BCUT2D eigenvalue weighted by atomic mass is 9.78. The van der Waals surface area contributed by atoms with E-state index in [1.54, 1.807) is 28.3 Å². The van der Waals surface area contributed by atoms with Gasteiger partial charge in [0.2, 0.25) is 5.91 Å². The van der Waals surface area contributed by atoms with E-state index < -0.39 is 6.04 Å². The number of pyridine rings is 1. The normalized spacial score (nSPS) is 21.5. The molecule has 3 aromatic heterocycles. The van der Waals surface area contributed by atoms with Crippen LogP contribution in [0.4, 0.5) is 5.13 Å². The minimum Gasteiger partial charge on any atom is -0.483 e. The molecular weight excluding hydrogens is 488 g/mol. The first kappa shape index (κ1) is 25.1. The van der Waals surface area contributed by atoms with Crippen LogP contribution in [0.25, 0.3) is 0 Å². The lowest BCUT2D eigenvalue weighted by Crippen LogP contribution is -2.54. The van der Waals surface area contributed by atoms with Crippen molar-refractivity contribution in [2.75, 3.05) is 24.5 Å². The van der Waals surface area contributed by atoms with Gasteiger partial charge in [-0.05, 0) is 12.5 Å². The predicted octanol–water partition coefficient (Wildman–Crippen LogP) is 1.18. The van der Waals surface area contributed by atoms with Crippen molar-refractivity contribution in [3.05, 3.63) is 63.5 Å². The average molecular weight is 515 g/mol. The van der Waals surface area contributed by atoms with E-state index in [0.29, 0.717) is 13.1 Å². The third-order valence-electron chi connectivity index (χ3n) is 6.68. The number of aromatic amines is 1. The lowest BCUT2D eigenvalue weighted by Gasteiger charge is -2.47. The molecule has 2 bridgehead atoms. The predicted molar refractivity (Wildman–Crippen MR) is 130 cm³/mol. The maximum absolute atomic E-state index is 13.8. The van der Waals surface area contributed by atoms with Crippen LogP contribution in [-0.2, 0) is 27.3 Å². The Morgan fingerprint density at radius 1 is 1.17 bits per heavy atom. The molecule has 36 heavy (non-hydrogen) atoms. The molecule has 1 saturated heterocycles. The third kappa shape index (κ3) is 4.87. The number of imidazole rings is 1. The summed E-state index contributed by atoms with van der Waals surface area (Å²) >= 11 is 1.62. The number of hydrogen-bond donors (Lipinski definition) is 3. The summed E-state index contributed by atoms with van der Waals surface area (Å²) in [6.45, 7) is 2.23. The number of nitrogens with zero attached hydrogens (tertiary/aromatic N) is 5. The zero-order chi connectivity index (χ0) is 25.7. The molecule has 3 atom stereocenters. The Morgan fingerprint density at radius 2 is 1.94 bits per heavy atom. The van der Waals surface area contributed by atoms with Gasteiger partial charge in [-0.15, -0.1) is 11.3 Å². The highest BCUT2D eigenvalue weighted by Gasteiger charge is 2.45. The van der Waals surface area contributed by atoms with Crippen molar-refractivity contribution in [2.45, 2.75) is 31.3 Å². The minimum atomic E-state index is -0.475. The summed E-state index contributed by atoms with van der Waals surface area (Å²) < 4.78 is 1.78. The Hall–Kier alpha value is -4.00. The number of aromatic nitrogens is 4. The Kier molecular flexibility index (Phi) is 7.78. The van der Waals surface area contributed by atoms with Gasteiger partial charge in [-0.25, -0.2) is 9.97 Å². The molecule has 1 amide bonds. The number of carbonyl (C=O) groups excluding carboxylic acids is 1. The van der Waals surface area contributed by atoms with E-state index in [4.69, 9.17) is 19.8 Å². The molecule has 3 N–H and O–H groups in total. The molecule has 0 unspecified atom stereocenters. The number of piperidine rings is 1. The molecule has 1 fully saturated rings. The summed E-state index contributed by atoms with van der Waals surface area (Å²) in [5, 5.41) is 16.7. The highest BCUT2D eigenvalue weighted by molar-refractivity contribution is 7.13. The minimum absolute atomic E-state index is 0.0363. The van der Waals surface area contributed by atoms with Gasteiger partial charge >= 0.3 is 0 Å². The Labute approximate surface area is 209 Å². The summed E-state index contributed by atoms with van der Waals surface area (Å²) in [7, 11) is 0. The number of nitrogens with one attached hydrogen (secondary N) is 1. The van der Waals surface area contributed by atoms with Crippen molar-refractivity contribution >= 4 is 35.3 Å². The van der Waals surface area contributed by atoms with E-state index in [2.05, 4.69) is 19.9 Å². The van der Waals surface area contributed by atoms with Crippen molar-refractivity contribution in [3.8, 4) is 0 Å². The summed E-state index contributed by atoms with van der Waals surface area (Å²) in [4.78, 5) is 59.6. The molecule has 190 valence electrons. The van der Waals surface area contributed by atoms with Gasteiger partial charge in [0.15, 0.2) is 5.13 Å². The van der Waals surface area contributed by atoms with Gasteiger partial charge in [0, 0.05) is 61.2 Å². The summed E-state index contributed by atoms with van der Waals surface area (Å²) in [6.07, 6.45) is 5.18. The van der Waals surface area contributed by atoms with Crippen LogP contribution in [0.1, 0.15) is 35.5 Å². The maximum Gasteiger partial charge on any atom is 0.290 e. The van der Waals surface area contributed by atoms with Gasteiger partial charge in [0.05, 0.1) is 24.3 Å². The fourth-order valence-electron chi connectivity index (χ4n) is 5.37. The highest BCUT2D eigenvalue weighted by Crippen LogP contribution is 2.43. The molecule has 13 heteroatoms. The second-order valence-electron chi connectivity index (χ2n) is 8.56. The first-order chi connectivity index (χ1) is 17.5. The zero-order valence-electron chi connectivity index (χ0n) is 19.3. The molecule has 6 heterocycles. The monoisotopic (exact) mass is 514 g/mol.